The highest BCUT2D eigenvalue weighted by molar-refractivity contribution is 7.89. The van der Waals surface area contributed by atoms with Crippen LogP contribution >= 0.6 is 0 Å². The minimum absolute atomic E-state index is 0.121. The molecule has 0 aliphatic carbocycles. The Morgan fingerprint density at radius 3 is 2.64 bits per heavy atom. The van der Waals surface area contributed by atoms with E-state index in [4.69, 9.17) is 4.74 Å². The lowest BCUT2D eigenvalue weighted by Crippen LogP contribution is -2.44. The van der Waals surface area contributed by atoms with Gasteiger partial charge in [-0.25, -0.2) is 8.42 Å². The molecule has 0 amide bonds. The van der Waals surface area contributed by atoms with Crippen molar-refractivity contribution >= 4 is 21.6 Å². The van der Waals surface area contributed by atoms with Crippen molar-refractivity contribution < 1.29 is 17.9 Å². The molecule has 0 radical (unpaired) electrons. The van der Waals surface area contributed by atoms with Gasteiger partial charge in [0.25, 0.3) is 0 Å². The van der Waals surface area contributed by atoms with Gasteiger partial charge in [0, 0.05) is 32.3 Å². The number of carbonyl (C=O) groups excluding carboxylic acids is 1. The maximum absolute atomic E-state index is 13.0. The number of aromatic nitrogens is 2. The van der Waals surface area contributed by atoms with Gasteiger partial charge in [0.2, 0.25) is 15.9 Å². The van der Waals surface area contributed by atoms with E-state index < -0.39 is 10.0 Å². The van der Waals surface area contributed by atoms with Crippen molar-refractivity contribution in [3.05, 3.63) is 42.0 Å². The molecule has 0 bridgehead atoms. The summed E-state index contributed by atoms with van der Waals surface area (Å²) in [6, 6.07) is 9.66. The van der Waals surface area contributed by atoms with Crippen LogP contribution in [0.5, 0.6) is 5.88 Å². The first-order valence-corrected chi connectivity index (χ1v) is 10.5. The maximum atomic E-state index is 13.0. The Kier molecular flexibility index (Phi) is 5.95. The second-order valence-electron chi connectivity index (χ2n) is 6.95. The summed E-state index contributed by atoms with van der Waals surface area (Å²) in [7, 11) is 0.0383. The molecular formula is C19H24N4O4S. The van der Waals surface area contributed by atoms with Crippen LogP contribution in [0, 0.1) is 0 Å². The van der Waals surface area contributed by atoms with E-state index in [9.17, 15) is 13.2 Å². The van der Waals surface area contributed by atoms with Crippen LogP contribution in [-0.2, 0) is 10.0 Å². The second kappa shape index (κ2) is 8.24. The van der Waals surface area contributed by atoms with Gasteiger partial charge in [0.05, 0.1) is 11.4 Å². The number of hydrogen-bond acceptors (Lipinski definition) is 7. The van der Waals surface area contributed by atoms with Gasteiger partial charge >= 0.3 is 0 Å². The molecule has 0 saturated carbocycles. The van der Waals surface area contributed by atoms with E-state index in [1.54, 1.807) is 24.3 Å². The van der Waals surface area contributed by atoms with Crippen LogP contribution < -0.4 is 9.64 Å². The predicted octanol–water partition coefficient (Wildman–Crippen LogP) is 1.98. The van der Waals surface area contributed by atoms with E-state index in [0.717, 1.165) is 6.42 Å². The number of nitrogens with zero attached hydrogens (tertiary/aromatic N) is 4. The molecule has 1 fully saturated rings. The van der Waals surface area contributed by atoms with E-state index in [-0.39, 0.29) is 23.3 Å². The monoisotopic (exact) mass is 404 g/mol. The highest BCUT2D eigenvalue weighted by Gasteiger charge is 2.31. The van der Waals surface area contributed by atoms with Crippen molar-refractivity contribution in [2.45, 2.75) is 30.8 Å². The Bertz CT molecular complexity index is 945. The number of Topliss-reactive ketones (excluding diaryl/α,β-unsaturated/α-hetero) is 1. The van der Waals surface area contributed by atoms with Crippen LogP contribution in [0.2, 0.25) is 0 Å². The summed E-state index contributed by atoms with van der Waals surface area (Å²) < 4.78 is 33.3. The van der Waals surface area contributed by atoms with Crippen LogP contribution in [0.3, 0.4) is 0 Å². The van der Waals surface area contributed by atoms with Crippen molar-refractivity contribution in [2.24, 2.45) is 0 Å². The highest BCUT2D eigenvalue weighted by atomic mass is 32.2. The molecule has 3 rings (SSSR count). The van der Waals surface area contributed by atoms with Crippen molar-refractivity contribution in [1.29, 1.82) is 0 Å². The Morgan fingerprint density at radius 1 is 1.21 bits per heavy atom. The van der Waals surface area contributed by atoms with Gasteiger partial charge in [-0.05, 0) is 38.0 Å². The molecular weight excluding hydrogens is 380 g/mol. The SMILES string of the molecule is CC(=O)c1cccc(S(=O)(=O)N2CCCC(Oc3ccc(N(C)C)nn3)C2)c1. The molecule has 150 valence electrons. The lowest BCUT2D eigenvalue weighted by Gasteiger charge is -2.31. The van der Waals surface area contributed by atoms with E-state index >= 15 is 0 Å². The molecule has 2 aromatic rings. The van der Waals surface area contributed by atoms with E-state index in [1.807, 2.05) is 19.0 Å². The number of rotatable bonds is 6. The first-order valence-electron chi connectivity index (χ1n) is 9.06. The third-order valence-corrected chi connectivity index (χ3v) is 6.45. The van der Waals surface area contributed by atoms with Crippen molar-refractivity contribution in [3.8, 4) is 5.88 Å². The van der Waals surface area contributed by atoms with Gasteiger partial charge < -0.3 is 9.64 Å². The summed E-state index contributed by atoms with van der Waals surface area (Å²) >= 11 is 0. The number of hydrogen-bond donors (Lipinski definition) is 0. The molecule has 0 spiro atoms. The molecule has 0 N–H and O–H groups in total. The molecule has 1 saturated heterocycles. The third-order valence-electron chi connectivity index (χ3n) is 4.59. The molecule has 1 aliphatic rings. The Morgan fingerprint density at radius 2 is 2.00 bits per heavy atom. The standard InChI is InChI=1S/C19H24N4O4S/c1-14(24)15-6-4-8-17(12-15)28(25,26)23-11-5-7-16(13-23)27-19-10-9-18(20-21-19)22(2)3/h4,6,8-10,12,16H,5,7,11,13H2,1-3H3. The van der Waals surface area contributed by atoms with E-state index in [0.29, 0.717) is 30.2 Å². The smallest absolute Gasteiger partial charge is 0.243 e. The maximum Gasteiger partial charge on any atom is 0.243 e. The summed E-state index contributed by atoms with van der Waals surface area (Å²) in [4.78, 5) is 13.5. The van der Waals surface area contributed by atoms with Crippen LogP contribution in [-0.4, -0.2) is 62.0 Å². The number of anilines is 1. The first-order chi connectivity index (χ1) is 13.3. The van der Waals surface area contributed by atoms with Gasteiger partial charge in [-0.3, -0.25) is 4.79 Å². The average Bonchev–Trinajstić information content (AvgIpc) is 2.68. The fourth-order valence-electron chi connectivity index (χ4n) is 3.03. The molecule has 1 aromatic heterocycles. The fraction of sp³-hybridized carbons (Fsp3) is 0.421. The minimum atomic E-state index is -3.70. The minimum Gasteiger partial charge on any atom is -0.472 e. The van der Waals surface area contributed by atoms with Crippen molar-refractivity contribution in [1.82, 2.24) is 14.5 Å². The molecule has 1 unspecified atom stereocenters. The van der Waals surface area contributed by atoms with Crippen LogP contribution in [0.4, 0.5) is 5.82 Å². The van der Waals surface area contributed by atoms with Crippen molar-refractivity contribution in [3.63, 3.8) is 0 Å². The number of ether oxygens (including phenoxy) is 1. The lowest BCUT2D eigenvalue weighted by molar-refractivity contribution is 0.101. The predicted molar refractivity (Wildman–Crippen MR) is 105 cm³/mol. The topological polar surface area (TPSA) is 92.7 Å². The summed E-state index contributed by atoms with van der Waals surface area (Å²) in [5.74, 6) is 0.913. The Balaban J connectivity index is 1.73. The van der Waals surface area contributed by atoms with Gasteiger partial charge in [-0.1, -0.05) is 12.1 Å². The Hall–Kier alpha value is -2.52. The largest absolute Gasteiger partial charge is 0.472 e. The average molecular weight is 404 g/mol. The molecule has 28 heavy (non-hydrogen) atoms. The molecule has 1 aromatic carbocycles. The van der Waals surface area contributed by atoms with Crippen LogP contribution in [0.15, 0.2) is 41.3 Å². The lowest BCUT2D eigenvalue weighted by atomic mass is 10.1. The number of carbonyl (C=O) groups is 1. The first kappa shape index (κ1) is 20.2. The highest BCUT2D eigenvalue weighted by Crippen LogP contribution is 2.24. The second-order valence-corrected chi connectivity index (χ2v) is 8.89. The number of sulfonamides is 1. The summed E-state index contributed by atoms with van der Waals surface area (Å²) in [6.07, 6.45) is 1.11. The van der Waals surface area contributed by atoms with Gasteiger partial charge in [-0.2, -0.15) is 4.31 Å². The summed E-state index contributed by atoms with van der Waals surface area (Å²) in [5, 5.41) is 8.12. The molecule has 2 heterocycles. The number of piperidine rings is 1. The molecule has 1 atom stereocenters. The Labute approximate surface area is 165 Å². The fourth-order valence-corrected chi connectivity index (χ4v) is 4.59. The number of benzene rings is 1. The van der Waals surface area contributed by atoms with E-state index in [2.05, 4.69) is 10.2 Å². The molecule has 8 nitrogen and oxygen atoms in total. The zero-order valence-electron chi connectivity index (χ0n) is 16.2. The zero-order chi connectivity index (χ0) is 20.3. The van der Waals surface area contributed by atoms with E-state index in [1.165, 1.54) is 23.4 Å². The third kappa shape index (κ3) is 4.48. The van der Waals surface area contributed by atoms with Gasteiger partial charge in [0.1, 0.15) is 6.10 Å². The molecule has 1 aliphatic heterocycles. The summed E-state index contributed by atoms with van der Waals surface area (Å²) in [6.45, 7) is 2.06. The van der Waals surface area contributed by atoms with Crippen molar-refractivity contribution in [2.75, 3.05) is 32.1 Å². The van der Waals surface area contributed by atoms with Crippen LogP contribution in [0.25, 0.3) is 0 Å². The normalized spacial score (nSPS) is 17.9. The molecule has 9 heteroatoms. The van der Waals surface area contributed by atoms with Gasteiger partial charge in [-0.15, -0.1) is 10.2 Å². The van der Waals surface area contributed by atoms with Crippen LogP contribution in [0.1, 0.15) is 30.1 Å². The number of ketones is 1. The zero-order valence-corrected chi connectivity index (χ0v) is 17.0. The van der Waals surface area contributed by atoms with Gasteiger partial charge in [0.15, 0.2) is 11.6 Å². The summed E-state index contributed by atoms with van der Waals surface area (Å²) in [5.41, 5.74) is 0.377. The quantitative estimate of drug-likeness (QED) is 0.680.